The van der Waals surface area contributed by atoms with Crippen LogP contribution in [0.1, 0.15) is 30.0 Å². The van der Waals surface area contributed by atoms with Crippen molar-refractivity contribution in [2.24, 2.45) is 11.1 Å². The van der Waals surface area contributed by atoms with Crippen molar-refractivity contribution in [1.82, 2.24) is 14.7 Å². The Balaban J connectivity index is 0.00000280. The molecule has 3 rings (SSSR count). The molecule has 28 heavy (non-hydrogen) atoms. The summed E-state index contributed by atoms with van der Waals surface area (Å²) in [6.07, 6.45) is 1.76. The number of carbonyl (C=O) groups is 1. The lowest BCUT2D eigenvalue weighted by atomic mass is 9.93. The van der Waals surface area contributed by atoms with Crippen LogP contribution < -0.4 is 5.73 Å². The maximum Gasteiger partial charge on any atom is 0.257 e. The maximum absolute atomic E-state index is 13.2. The largest absolute Gasteiger partial charge is 0.460 e. The van der Waals surface area contributed by atoms with Gasteiger partial charge >= 0.3 is 0 Å². The van der Waals surface area contributed by atoms with Gasteiger partial charge in [-0.2, -0.15) is 5.10 Å². The first-order valence-electron chi connectivity index (χ1n) is 8.98. The van der Waals surface area contributed by atoms with Crippen LogP contribution in [0.15, 0.2) is 53.1 Å². The predicted octanol–water partition coefficient (Wildman–Crippen LogP) is 3.92. The number of nitrogens with two attached hydrogens (primary N) is 1. The SMILES string of the molecule is Cc1ccc(-c2nn(-c3ccccc3)cc2C(=O)N(C)CC(C)(C)CN)o1.Cl. The van der Waals surface area contributed by atoms with Gasteiger partial charge in [-0.15, -0.1) is 12.4 Å². The Morgan fingerprint density at radius 1 is 1.21 bits per heavy atom. The fourth-order valence-electron chi connectivity index (χ4n) is 2.97. The van der Waals surface area contributed by atoms with E-state index in [1.54, 1.807) is 22.8 Å². The fraction of sp³-hybridized carbons (Fsp3) is 0.333. The summed E-state index contributed by atoms with van der Waals surface area (Å²) < 4.78 is 7.46. The molecule has 2 aromatic heterocycles. The molecule has 3 aromatic rings. The molecule has 1 amide bonds. The van der Waals surface area contributed by atoms with Crippen LogP contribution in [0.5, 0.6) is 0 Å². The Hall–Kier alpha value is -2.57. The van der Waals surface area contributed by atoms with Crippen LogP contribution in [0.3, 0.4) is 0 Å². The lowest BCUT2D eigenvalue weighted by Crippen LogP contribution is -2.39. The van der Waals surface area contributed by atoms with Gasteiger partial charge in [0.1, 0.15) is 11.5 Å². The second kappa shape index (κ2) is 8.63. The van der Waals surface area contributed by atoms with Gasteiger partial charge in [0.25, 0.3) is 5.91 Å². The molecule has 2 heterocycles. The monoisotopic (exact) mass is 402 g/mol. The highest BCUT2D eigenvalue weighted by molar-refractivity contribution is 5.99. The van der Waals surface area contributed by atoms with Crippen molar-refractivity contribution in [1.29, 1.82) is 0 Å². The van der Waals surface area contributed by atoms with E-state index in [9.17, 15) is 4.79 Å². The summed E-state index contributed by atoms with van der Waals surface area (Å²) in [5.41, 5.74) is 7.58. The molecule has 0 saturated heterocycles. The third-order valence-electron chi connectivity index (χ3n) is 4.50. The van der Waals surface area contributed by atoms with Gasteiger partial charge in [-0.3, -0.25) is 4.79 Å². The molecule has 7 heteroatoms. The van der Waals surface area contributed by atoms with Gasteiger partial charge in [0.15, 0.2) is 5.76 Å². The molecule has 0 radical (unpaired) electrons. The summed E-state index contributed by atoms with van der Waals surface area (Å²) in [6.45, 7) is 7.00. The number of aryl methyl sites for hydroxylation is 1. The third-order valence-corrected chi connectivity index (χ3v) is 4.50. The van der Waals surface area contributed by atoms with Gasteiger partial charge < -0.3 is 15.1 Å². The smallest absolute Gasteiger partial charge is 0.257 e. The van der Waals surface area contributed by atoms with Crippen LogP contribution in [0.4, 0.5) is 0 Å². The molecule has 0 atom stereocenters. The van der Waals surface area contributed by atoms with Gasteiger partial charge in [-0.1, -0.05) is 32.0 Å². The number of carbonyl (C=O) groups excluding carboxylic acids is 1. The topological polar surface area (TPSA) is 77.3 Å². The lowest BCUT2D eigenvalue weighted by molar-refractivity contribution is 0.0741. The van der Waals surface area contributed by atoms with Crippen molar-refractivity contribution in [3.8, 4) is 17.1 Å². The second-order valence-corrected chi connectivity index (χ2v) is 7.61. The lowest BCUT2D eigenvalue weighted by Gasteiger charge is -2.28. The van der Waals surface area contributed by atoms with Crippen LogP contribution >= 0.6 is 12.4 Å². The van der Waals surface area contributed by atoms with E-state index in [2.05, 4.69) is 5.10 Å². The summed E-state index contributed by atoms with van der Waals surface area (Å²) in [7, 11) is 1.79. The molecule has 0 spiro atoms. The number of furan rings is 1. The molecule has 150 valence electrons. The highest BCUT2D eigenvalue weighted by atomic mass is 35.5. The molecule has 1 aromatic carbocycles. The van der Waals surface area contributed by atoms with Crippen molar-refractivity contribution >= 4 is 18.3 Å². The van der Waals surface area contributed by atoms with Crippen molar-refractivity contribution in [2.45, 2.75) is 20.8 Å². The van der Waals surface area contributed by atoms with Crippen LogP contribution in [-0.2, 0) is 0 Å². The summed E-state index contributed by atoms with van der Waals surface area (Å²) in [5, 5.41) is 4.63. The Labute approximate surface area is 171 Å². The molecular weight excluding hydrogens is 376 g/mol. The highest BCUT2D eigenvalue weighted by Gasteiger charge is 2.27. The van der Waals surface area contributed by atoms with E-state index in [1.165, 1.54) is 0 Å². The van der Waals surface area contributed by atoms with Crippen molar-refractivity contribution in [2.75, 3.05) is 20.1 Å². The molecule has 0 aliphatic heterocycles. The summed E-state index contributed by atoms with van der Waals surface area (Å²) in [4.78, 5) is 14.9. The minimum Gasteiger partial charge on any atom is -0.460 e. The number of rotatable bonds is 6. The molecule has 0 bridgehead atoms. The average Bonchev–Trinajstić information content (AvgIpc) is 3.27. The number of halogens is 1. The molecule has 0 aliphatic carbocycles. The molecule has 2 N–H and O–H groups in total. The van der Waals surface area contributed by atoms with E-state index in [0.29, 0.717) is 30.1 Å². The minimum atomic E-state index is -0.165. The van der Waals surface area contributed by atoms with Gasteiger partial charge in [-0.05, 0) is 43.1 Å². The van der Waals surface area contributed by atoms with E-state index < -0.39 is 0 Å². The second-order valence-electron chi connectivity index (χ2n) is 7.61. The minimum absolute atomic E-state index is 0. The van der Waals surface area contributed by atoms with Crippen molar-refractivity contribution < 1.29 is 9.21 Å². The van der Waals surface area contributed by atoms with E-state index >= 15 is 0 Å². The number of amides is 1. The molecule has 0 aliphatic rings. The third kappa shape index (κ3) is 4.64. The normalized spacial score (nSPS) is 11.2. The molecule has 0 unspecified atom stereocenters. The quantitative estimate of drug-likeness (QED) is 0.677. The average molecular weight is 403 g/mol. The first-order valence-corrected chi connectivity index (χ1v) is 8.98. The Kier molecular flexibility index (Phi) is 6.69. The number of benzene rings is 1. The van der Waals surface area contributed by atoms with Crippen molar-refractivity contribution in [3.63, 3.8) is 0 Å². The zero-order chi connectivity index (χ0) is 19.6. The van der Waals surface area contributed by atoms with Gasteiger partial charge in [0.05, 0.1) is 11.3 Å². The fourth-order valence-corrected chi connectivity index (χ4v) is 2.97. The number of aromatic nitrogens is 2. The van der Waals surface area contributed by atoms with Crippen LogP contribution in [0.25, 0.3) is 17.1 Å². The number of para-hydroxylation sites is 1. The van der Waals surface area contributed by atoms with Crippen LogP contribution in [-0.4, -0.2) is 40.7 Å². The number of hydrogen-bond acceptors (Lipinski definition) is 4. The summed E-state index contributed by atoms with van der Waals surface area (Å²) in [5.74, 6) is 1.25. The first kappa shape index (κ1) is 21.7. The van der Waals surface area contributed by atoms with Gasteiger partial charge in [-0.25, -0.2) is 4.68 Å². The van der Waals surface area contributed by atoms with E-state index in [0.717, 1.165) is 11.4 Å². The zero-order valence-corrected chi connectivity index (χ0v) is 17.5. The zero-order valence-electron chi connectivity index (χ0n) is 16.7. The van der Waals surface area contributed by atoms with E-state index in [1.807, 2.05) is 63.2 Å². The van der Waals surface area contributed by atoms with Gasteiger partial charge in [0.2, 0.25) is 0 Å². The summed E-state index contributed by atoms with van der Waals surface area (Å²) >= 11 is 0. The Bertz CT molecular complexity index is 931. The van der Waals surface area contributed by atoms with Gasteiger partial charge in [0, 0.05) is 19.8 Å². The first-order chi connectivity index (χ1) is 12.8. The van der Waals surface area contributed by atoms with E-state index in [-0.39, 0.29) is 23.7 Å². The predicted molar refractivity (Wildman–Crippen MR) is 113 cm³/mol. The molecule has 0 saturated carbocycles. The number of nitrogens with zero attached hydrogens (tertiary/aromatic N) is 3. The highest BCUT2D eigenvalue weighted by Crippen LogP contribution is 2.27. The summed E-state index contributed by atoms with van der Waals surface area (Å²) in [6, 6.07) is 13.4. The molecule has 6 nitrogen and oxygen atoms in total. The van der Waals surface area contributed by atoms with E-state index in [4.69, 9.17) is 10.2 Å². The Morgan fingerprint density at radius 2 is 1.89 bits per heavy atom. The van der Waals surface area contributed by atoms with Crippen LogP contribution in [0.2, 0.25) is 0 Å². The van der Waals surface area contributed by atoms with Crippen molar-refractivity contribution in [3.05, 3.63) is 60.0 Å². The molecule has 0 fully saturated rings. The molecular formula is C21H27ClN4O2. The maximum atomic E-state index is 13.2. The standard InChI is InChI=1S/C21H26N4O2.ClH/c1-15-10-11-18(27-15)19-17(20(26)24(4)14-21(2,3)13-22)12-25(23-19)16-8-6-5-7-9-16;/h5-12H,13-14,22H2,1-4H3;1H. The number of hydrogen-bond donors (Lipinski definition) is 1. The Morgan fingerprint density at radius 3 is 2.46 bits per heavy atom. The van der Waals surface area contributed by atoms with Crippen LogP contribution in [0, 0.1) is 12.3 Å².